The first kappa shape index (κ1) is 11.9. The number of likely N-dealkylation sites (tertiary alicyclic amines) is 1. The maximum Gasteiger partial charge on any atom is 0.117 e. The number of halogens is 1. The van der Waals surface area contributed by atoms with Crippen molar-refractivity contribution in [3.63, 3.8) is 0 Å². The van der Waals surface area contributed by atoms with Crippen molar-refractivity contribution in [2.45, 2.75) is 25.6 Å². The summed E-state index contributed by atoms with van der Waals surface area (Å²) >= 11 is 0. The van der Waals surface area contributed by atoms with Gasteiger partial charge in [0.25, 0.3) is 0 Å². The molecule has 0 unspecified atom stereocenters. The summed E-state index contributed by atoms with van der Waals surface area (Å²) < 4.78 is 18.1. The van der Waals surface area contributed by atoms with Crippen molar-refractivity contribution in [3.05, 3.63) is 0 Å². The minimum Gasteiger partial charge on any atom is -0.389 e. The molecule has 0 spiro atoms. The quantitative estimate of drug-likeness (QED) is 0.716. The number of hydrogen-bond donors (Lipinski definition) is 1. The van der Waals surface area contributed by atoms with Crippen molar-refractivity contribution in [1.82, 2.24) is 4.90 Å². The Morgan fingerprint density at radius 1 is 1.57 bits per heavy atom. The van der Waals surface area contributed by atoms with Gasteiger partial charge in [0.15, 0.2) is 0 Å². The highest BCUT2D eigenvalue weighted by Gasteiger charge is 2.31. The summed E-state index contributed by atoms with van der Waals surface area (Å²) in [5.74, 6) is 0.143. The molecule has 0 aromatic rings. The van der Waals surface area contributed by atoms with Crippen LogP contribution in [0.4, 0.5) is 4.39 Å². The average Bonchev–Trinajstić information content (AvgIpc) is 2.46. The number of ether oxygens (including phenoxy) is 1. The summed E-state index contributed by atoms with van der Waals surface area (Å²) in [5.41, 5.74) is 0. The Hall–Kier alpha value is -0.190. The van der Waals surface area contributed by atoms with E-state index in [-0.39, 0.29) is 5.92 Å². The number of hydrogen-bond acceptors (Lipinski definition) is 3. The Bertz CT molecular complexity index is 168. The van der Waals surface area contributed by atoms with E-state index >= 15 is 0 Å². The van der Waals surface area contributed by atoms with Crippen LogP contribution in [0.15, 0.2) is 0 Å². The summed E-state index contributed by atoms with van der Waals surface area (Å²) in [6.07, 6.45) is -0.351. The molecule has 1 aliphatic heterocycles. The maximum absolute atomic E-state index is 13.3. The van der Waals surface area contributed by atoms with Crippen LogP contribution in [-0.2, 0) is 4.74 Å². The Kier molecular flexibility index (Phi) is 4.78. The van der Waals surface area contributed by atoms with Crippen LogP contribution in [0.1, 0.15) is 13.3 Å². The van der Waals surface area contributed by atoms with Gasteiger partial charge in [-0.1, -0.05) is 6.92 Å². The number of aliphatic hydroxyl groups excluding tert-OH is 1. The Labute approximate surface area is 84.9 Å². The van der Waals surface area contributed by atoms with Gasteiger partial charge in [-0.25, -0.2) is 4.39 Å². The molecular formula is C10H20FNO2. The molecule has 3 atom stereocenters. The van der Waals surface area contributed by atoms with E-state index < -0.39 is 12.3 Å². The molecule has 0 bridgehead atoms. The molecule has 1 saturated heterocycles. The molecule has 1 fully saturated rings. The van der Waals surface area contributed by atoms with Crippen LogP contribution in [0.2, 0.25) is 0 Å². The fourth-order valence-corrected chi connectivity index (χ4v) is 1.99. The lowest BCUT2D eigenvalue weighted by molar-refractivity contribution is 0.0414. The van der Waals surface area contributed by atoms with Gasteiger partial charge in [-0.15, -0.1) is 0 Å². The standard InChI is InChI=1S/C10H20FNO2/c1-3-8-4-12(6-10(8)11)5-9(13)7-14-2/h8-10,13H,3-7H2,1-2H3/t8-,9-,10+/m1/s1. The molecule has 0 aromatic heterocycles. The molecule has 4 heteroatoms. The first-order valence-corrected chi connectivity index (χ1v) is 5.20. The van der Waals surface area contributed by atoms with Crippen molar-refractivity contribution in [2.75, 3.05) is 33.4 Å². The minimum atomic E-state index is -0.727. The van der Waals surface area contributed by atoms with Gasteiger partial charge in [0, 0.05) is 32.7 Å². The topological polar surface area (TPSA) is 32.7 Å². The van der Waals surface area contributed by atoms with E-state index in [0.29, 0.717) is 19.7 Å². The second-order valence-corrected chi connectivity index (χ2v) is 4.01. The summed E-state index contributed by atoms with van der Waals surface area (Å²) in [6, 6.07) is 0. The van der Waals surface area contributed by atoms with Crippen LogP contribution in [0, 0.1) is 5.92 Å². The Balaban J connectivity index is 2.27. The second kappa shape index (κ2) is 5.63. The van der Waals surface area contributed by atoms with Gasteiger partial charge < -0.3 is 9.84 Å². The van der Waals surface area contributed by atoms with Gasteiger partial charge in [0.2, 0.25) is 0 Å². The lowest BCUT2D eigenvalue weighted by Gasteiger charge is -2.18. The zero-order chi connectivity index (χ0) is 10.6. The van der Waals surface area contributed by atoms with Crippen molar-refractivity contribution < 1.29 is 14.2 Å². The largest absolute Gasteiger partial charge is 0.389 e. The molecule has 3 nitrogen and oxygen atoms in total. The normalized spacial score (nSPS) is 30.9. The highest BCUT2D eigenvalue weighted by Crippen LogP contribution is 2.22. The molecule has 0 saturated carbocycles. The Morgan fingerprint density at radius 2 is 2.29 bits per heavy atom. The molecule has 1 N–H and O–H groups in total. The highest BCUT2D eigenvalue weighted by molar-refractivity contribution is 4.84. The van der Waals surface area contributed by atoms with Gasteiger partial charge in [-0.05, 0) is 6.42 Å². The number of nitrogens with zero attached hydrogens (tertiary/aromatic N) is 1. The molecular weight excluding hydrogens is 185 g/mol. The van der Waals surface area contributed by atoms with Gasteiger partial charge in [-0.2, -0.15) is 0 Å². The summed E-state index contributed by atoms with van der Waals surface area (Å²) in [6.45, 7) is 4.07. The smallest absolute Gasteiger partial charge is 0.117 e. The first-order valence-electron chi connectivity index (χ1n) is 5.20. The summed E-state index contributed by atoms with van der Waals surface area (Å²) in [4.78, 5) is 1.97. The van der Waals surface area contributed by atoms with Crippen molar-refractivity contribution in [2.24, 2.45) is 5.92 Å². The monoisotopic (exact) mass is 205 g/mol. The van der Waals surface area contributed by atoms with Crippen LogP contribution < -0.4 is 0 Å². The third-order valence-electron chi connectivity index (χ3n) is 2.79. The fourth-order valence-electron chi connectivity index (χ4n) is 1.99. The van der Waals surface area contributed by atoms with E-state index in [2.05, 4.69) is 0 Å². The third kappa shape index (κ3) is 3.19. The van der Waals surface area contributed by atoms with Gasteiger partial charge in [-0.3, -0.25) is 4.90 Å². The predicted octanol–water partition coefficient (Wildman–Crippen LogP) is 0.674. The van der Waals surface area contributed by atoms with Crippen molar-refractivity contribution in [1.29, 1.82) is 0 Å². The molecule has 84 valence electrons. The van der Waals surface area contributed by atoms with Crippen LogP contribution >= 0.6 is 0 Å². The zero-order valence-electron chi connectivity index (χ0n) is 8.95. The number of methoxy groups -OCH3 is 1. The molecule has 1 heterocycles. The van der Waals surface area contributed by atoms with Crippen LogP contribution in [0.25, 0.3) is 0 Å². The lowest BCUT2D eigenvalue weighted by atomic mass is 10.1. The highest BCUT2D eigenvalue weighted by atomic mass is 19.1. The van der Waals surface area contributed by atoms with E-state index in [1.807, 2.05) is 11.8 Å². The summed E-state index contributed by atoms with van der Waals surface area (Å²) in [5, 5.41) is 9.47. The second-order valence-electron chi connectivity index (χ2n) is 4.01. The van der Waals surface area contributed by atoms with Gasteiger partial charge >= 0.3 is 0 Å². The van der Waals surface area contributed by atoms with E-state index in [9.17, 15) is 9.50 Å². The fraction of sp³-hybridized carbons (Fsp3) is 1.00. The lowest BCUT2D eigenvalue weighted by Crippen LogP contribution is -2.33. The van der Waals surface area contributed by atoms with Crippen LogP contribution in [-0.4, -0.2) is 55.6 Å². The number of alkyl halides is 1. The van der Waals surface area contributed by atoms with Crippen LogP contribution in [0.5, 0.6) is 0 Å². The van der Waals surface area contributed by atoms with E-state index in [1.54, 1.807) is 7.11 Å². The maximum atomic E-state index is 13.3. The SMILES string of the molecule is CC[C@@H]1CN(C[C@@H](O)COC)C[C@@H]1F. The van der Waals surface area contributed by atoms with Crippen LogP contribution in [0.3, 0.4) is 0 Å². The van der Waals surface area contributed by atoms with E-state index in [0.717, 1.165) is 13.0 Å². The molecule has 0 aliphatic carbocycles. The molecule has 14 heavy (non-hydrogen) atoms. The third-order valence-corrected chi connectivity index (χ3v) is 2.79. The van der Waals surface area contributed by atoms with E-state index in [4.69, 9.17) is 4.74 Å². The van der Waals surface area contributed by atoms with Crippen molar-refractivity contribution >= 4 is 0 Å². The van der Waals surface area contributed by atoms with Crippen molar-refractivity contribution in [3.8, 4) is 0 Å². The summed E-state index contributed by atoms with van der Waals surface area (Å²) in [7, 11) is 1.56. The number of rotatable bonds is 5. The molecule has 1 rings (SSSR count). The zero-order valence-corrected chi connectivity index (χ0v) is 8.95. The minimum absolute atomic E-state index is 0.143. The van der Waals surface area contributed by atoms with Gasteiger partial charge in [0.1, 0.15) is 6.17 Å². The average molecular weight is 205 g/mol. The molecule has 1 aliphatic rings. The number of aliphatic hydroxyl groups is 1. The van der Waals surface area contributed by atoms with Gasteiger partial charge in [0.05, 0.1) is 12.7 Å². The molecule has 0 amide bonds. The molecule has 0 radical (unpaired) electrons. The first-order chi connectivity index (χ1) is 6.67. The molecule has 0 aromatic carbocycles. The Morgan fingerprint density at radius 3 is 2.79 bits per heavy atom. The predicted molar refractivity (Wildman–Crippen MR) is 53.0 cm³/mol. The number of β-amino-alcohol motifs (C(OH)–C–C–N with tert-alkyl or cyclic N) is 1. The van der Waals surface area contributed by atoms with E-state index in [1.165, 1.54) is 0 Å².